The van der Waals surface area contributed by atoms with E-state index in [0.29, 0.717) is 23.1 Å². The van der Waals surface area contributed by atoms with Gasteiger partial charge in [-0.1, -0.05) is 6.07 Å². The Hall–Kier alpha value is -3.44. The Morgan fingerprint density at radius 1 is 1.06 bits per heavy atom. The molecule has 2 amide bonds. The minimum Gasteiger partial charge on any atom is -0.396 e. The highest BCUT2D eigenvalue weighted by atomic mass is 19.4. The van der Waals surface area contributed by atoms with Crippen molar-refractivity contribution in [2.45, 2.75) is 19.1 Å². The summed E-state index contributed by atoms with van der Waals surface area (Å²) in [6.45, 7) is -0.528. The van der Waals surface area contributed by atoms with Crippen LogP contribution in [0.15, 0.2) is 42.5 Å². The van der Waals surface area contributed by atoms with E-state index in [9.17, 15) is 22.8 Å². The summed E-state index contributed by atoms with van der Waals surface area (Å²) in [5, 5.41) is 23.0. The molecule has 0 radical (unpaired) electrons. The van der Waals surface area contributed by atoms with Gasteiger partial charge >= 0.3 is 6.18 Å². The quantitative estimate of drug-likeness (QED) is 0.454. The number of benzene rings is 2. The molecular formula is C20H19F3N4O4. The van der Waals surface area contributed by atoms with Gasteiger partial charge in [0.1, 0.15) is 6.61 Å². The molecule has 1 heterocycles. The van der Waals surface area contributed by atoms with Crippen molar-refractivity contribution < 1.29 is 33.0 Å². The lowest BCUT2D eigenvalue weighted by molar-refractivity contribution is -0.137. The maximum atomic E-state index is 12.9. The number of nitrogens with one attached hydrogen (secondary N) is 2. The second-order valence-corrected chi connectivity index (χ2v) is 6.61. The standard InChI is InChI=1S/C20H19F3N4O4/c21-20(22,23)13-4-1-3-12(9-13)18(31)26-19-25-15-10-14(24-17(30)11-29)5-6-16(15)27(19)7-2-8-28/h1,3-6,9-10,28-29H,2,7-8,11H2,(H,24,30)(H,25,26,31). The summed E-state index contributed by atoms with van der Waals surface area (Å²) >= 11 is 0. The number of fused-ring (bicyclic) bond motifs is 1. The number of carbonyl (C=O) groups is 2. The fourth-order valence-corrected chi connectivity index (χ4v) is 2.97. The molecule has 3 rings (SSSR count). The van der Waals surface area contributed by atoms with Crippen LogP contribution in [0.1, 0.15) is 22.3 Å². The van der Waals surface area contributed by atoms with E-state index >= 15 is 0 Å². The van der Waals surface area contributed by atoms with Crippen LogP contribution in [-0.4, -0.2) is 44.8 Å². The number of amides is 2. The molecule has 11 heteroatoms. The number of aliphatic hydroxyl groups is 2. The molecule has 0 aliphatic heterocycles. The van der Waals surface area contributed by atoms with Gasteiger partial charge in [0.05, 0.1) is 16.6 Å². The lowest BCUT2D eigenvalue weighted by Gasteiger charge is -2.11. The average molecular weight is 436 g/mol. The van der Waals surface area contributed by atoms with E-state index in [4.69, 9.17) is 10.2 Å². The summed E-state index contributed by atoms with van der Waals surface area (Å²) in [5.41, 5.74) is 0.210. The molecule has 1 aromatic heterocycles. The first-order valence-electron chi connectivity index (χ1n) is 9.23. The number of halogens is 3. The second kappa shape index (κ2) is 9.14. The third-order valence-electron chi connectivity index (χ3n) is 4.39. The maximum Gasteiger partial charge on any atom is 0.416 e. The summed E-state index contributed by atoms with van der Waals surface area (Å²) in [6.07, 6.45) is -4.24. The van der Waals surface area contributed by atoms with E-state index in [1.807, 2.05) is 0 Å². The number of nitrogens with zero attached hydrogens (tertiary/aromatic N) is 2. The molecule has 0 bridgehead atoms. The zero-order valence-corrected chi connectivity index (χ0v) is 16.1. The molecule has 0 saturated heterocycles. The Kier molecular flexibility index (Phi) is 6.56. The second-order valence-electron chi connectivity index (χ2n) is 6.61. The first-order chi connectivity index (χ1) is 14.7. The zero-order chi connectivity index (χ0) is 22.6. The number of aryl methyl sites for hydroxylation is 1. The zero-order valence-electron chi connectivity index (χ0n) is 16.1. The van der Waals surface area contributed by atoms with Crippen LogP contribution in [0.3, 0.4) is 0 Å². The van der Waals surface area contributed by atoms with Crippen molar-refractivity contribution in [3.05, 3.63) is 53.6 Å². The molecule has 31 heavy (non-hydrogen) atoms. The van der Waals surface area contributed by atoms with Crippen LogP contribution in [0.25, 0.3) is 11.0 Å². The Morgan fingerprint density at radius 3 is 2.52 bits per heavy atom. The fourth-order valence-electron chi connectivity index (χ4n) is 2.97. The molecule has 4 N–H and O–H groups in total. The van der Waals surface area contributed by atoms with Crippen LogP contribution in [0, 0.1) is 0 Å². The monoisotopic (exact) mass is 436 g/mol. The highest BCUT2D eigenvalue weighted by molar-refractivity contribution is 6.04. The summed E-state index contributed by atoms with van der Waals surface area (Å²) in [4.78, 5) is 28.3. The van der Waals surface area contributed by atoms with Crippen molar-refractivity contribution in [2.24, 2.45) is 0 Å². The van der Waals surface area contributed by atoms with Crippen LogP contribution in [0.4, 0.5) is 24.8 Å². The number of imidazole rings is 1. The number of alkyl halides is 3. The van der Waals surface area contributed by atoms with Crippen molar-refractivity contribution in [3.63, 3.8) is 0 Å². The lowest BCUT2D eigenvalue weighted by Crippen LogP contribution is -2.17. The van der Waals surface area contributed by atoms with Gasteiger partial charge in [-0.2, -0.15) is 13.2 Å². The van der Waals surface area contributed by atoms with E-state index in [-0.39, 0.29) is 24.7 Å². The smallest absolute Gasteiger partial charge is 0.396 e. The van der Waals surface area contributed by atoms with Crippen molar-refractivity contribution in [1.29, 1.82) is 0 Å². The number of hydrogen-bond donors (Lipinski definition) is 4. The summed E-state index contributed by atoms with van der Waals surface area (Å²) < 4.78 is 40.4. The van der Waals surface area contributed by atoms with E-state index in [1.54, 1.807) is 16.7 Å². The largest absolute Gasteiger partial charge is 0.416 e. The maximum absolute atomic E-state index is 12.9. The number of rotatable bonds is 7. The van der Waals surface area contributed by atoms with Gasteiger partial charge in [0.15, 0.2) is 0 Å². The van der Waals surface area contributed by atoms with E-state index in [1.165, 1.54) is 12.1 Å². The summed E-state index contributed by atoms with van der Waals surface area (Å²) in [7, 11) is 0. The first kappa shape index (κ1) is 22.2. The predicted octanol–water partition coefficient (Wildman–Crippen LogP) is 2.62. The molecule has 3 aromatic rings. The number of hydrogen-bond acceptors (Lipinski definition) is 5. The molecule has 0 unspecified atom stereocenters. The number of anilines is 2. The molecule has 0 atom stereocenters. The normalized spacial score (nSPS) is 11.5. The van der Waals surface area contributed by atoms with Crippen molar-refractivity contribution >= 4 is 34.5 Å². The predicted molar refractivity (Wildman–Crippen MR) is 107 cm³/mol. The first-order valence-corrected chi connectivity index (χ1v) is 9.23. The van der Waals surface area contributed by atoms with Crippen LogP contribution in [0.2, 0.25) is 0 Å². The molecule has 8 nitrogen and oxygen atoms in total. The third kappa shape index (κ3) is 5.19. The van der Waals surface area contributed by atoms with Crippen LogP contribution in [0.5, 0.6) is 0 Å². The number of aromatic nitrogens is 2. The molecule has 0 aliphatic rings. The molecule has 0 spiro atoms. The molecular weight excluding hydrogens is 417 g/mol. The van der Waals surface area contributed by atoms with E-state index in [2.05, 4.69) is 15.6 Å². The van der Waals surface area contributed by atoms with E-state index in [0.717, 1.165) is 18.2 Å². The molecule has 2 aromatic carbocycles. The SMILES string of the molecule is O=C(CO)Nc1ccc2c(c1)nc(NC(=O)c1cccc(C(F)(F)F)c1)n2CCCO. The Bertz CT molecular complexity index is 1110. The summed E-state index contributed by atoms with van der Waals surface area (Å²) in [5.74, 6) is -1.31. The van der Waals surface area contributed by atoms with Gasteiger partial charge in [-0.15, -0.1) is 0 Å². The highest BCUT2D eigenvalue weighted by Gasteiger charge is 2.31. The molecule has 164 valence electrons. The van der Waals surface area contributed by atoms with Crippen molar-refractivity contribution in [2.75, 3.05) is 23.8 Å². The number of carbonyl (C=O) groups excluding carboxylic acids is 2. The van der Waals surface area contributed by atoms with Gasteiger partial charge in [0.2, 0.25) is 11.9 Å². The minimum absolute atomic E-state index is 0.0801. The van der Waals surface area contributed by atoms with Gasteiger partial charge in [-0.05, 0) is 42.8 Å². The van der Waals surface area contributed by atoms with Crippen LogP contribution < -0.4 is 10.6 Å². The molecule has 0 saturated carbocycles. The van der Waals surface area contributed by atoms with Gasteiger partial charge in [0, 0.05) is 24.4 Å². The van der Waals surface area contributed by atoms with Crippen molar-refractivity contribution in [3.8, 4) is 0 Å². The third-order valence-corrected chi connectivity index (χ3v) is 4.39. The van der Waals surface area contributed by atoms with Gasteiger partial charge in [-0.3, -0.25) is 14.9 Å². The van der Waals surface area contributed by atoms with Crippen molar-refractivity contribution in [1.82, 2.24) is 9.55 Å². The highest BCUT2D eigenvalue weighted by Crippen LogP contribution is 2.30. The topological polar surface area (TPSA) is 116 Å². The Balaban J connectivity index is 1.94. The van der Waals surface area contributed by atoms with Gasteiger partial charge in [-0.25, -0.2) is 4.98 Å². The minimum atomic E-state index is -4.58. The fraction of sp³-hybridized carbons (Fsp3) is 0.250. The molecule has 0 aliphatic carbocycles. The van der Waals surface area contributed by atoms with Crippen LogP contribution in [-0.2, 0) is 17.5 Å². The Labute approximate surface area is 174 Å². The van der Waals surface area contributed by atoms with E-state index < -0.39 is 30.2 Å². The van der Waals surface area contributed by atoms with Gasteiger partial charge < -0.3 is 20.1 Å². The van der Waals surface area contributed by atoms with Gasteiger partial charge in [0.25, 0.3) is 5.91 Å². The van der Waals surface area contributed by atoms with Crippen LogP contribution >= 0.6 is 0 Å². The lowest BCUT2D eigenvalue weighted by atomic mass is 10.1. The summed E-state index contributed by atoms with van der Waals surface area (Å²) in [6, 6.07) is 8.75. The Morgan fingerprint density at radius 2 is 1.84 bits per heavy atom. The molecule has 0 fully saturated rings. The number of aliphatic hydroxyl groups excluding tert-OH is 2. The average Bonchev–Trinajstić information content (AvgIpc) is 3.07.